The van der Waals surface area contributed by atoms with Gasteiger partial charge in [-0.15, -0.1) is 0 Å². The van der Waals surface area contributed by atoms with Crippen LogP contribution in [0.2, 0.25) is 0 Å². The molecular weight excluding hydrogens is 528 g/mol. The standard InChI is InChI=1S/C33H42N6O3/c1-36-29-10-9-27(19-28(29)20-34-36)24-3-5-25(6-4-24)30-35-33(12-15-37(16-13-33)17-18-42-2)32(41)39(30)22-23-11-14-38(21-23)31(40)26-7-8-26/h3-6,9-10,19-20,23,26,32,41H,7-8,11-18,21-22H2,1-2H3/t23-,32?/m1/s1. The van der Waals surface area contributed by atoms with Gasteiger partial charge in [-0.05, 0) is 61.3 Å². The summed E-state index contributed by atoms with van der Waals surface area (Å²) in [5, 5.41) is 17.4. The number of aliphatic hydroxyl groups is 1. The SMILES string of the molecule is COCCN1CCC2(CC1)N=C(c1ccc(-c3ccc4c(cnn4C)c3)cc1)N(C[C@@H]1CCN(C(=O)C3CC3)C1)C2O. The quantitative estimate of drug-likeness (QED) is 0.447. The number of methoxy groups -OCH3 is 1. The Kier molecular flexibility index (Phi) is 7.28. The number of likely N-dealkylation sites (tertiary alicyclic amines) is 2. The van der Waals surface area contributed by atoms with E-state index in [1.165, 1.54) is 0 Å². The number of amides is 1. The van der Waals surface area contributed by atoms with Crippen LogP contribution >= 0.6 is 0 Å². The Morgan fingerprint density at radius 2 is 1.76 bits per heavy atom. The molecule has 1 aromatic heterocycles. The van der Waals surface area contributed by atoms with Gasteiger partial charge >= 0.3 is 0 Å². The van der Waals surface area contributed by atoms with Crippen molar-refractivity contribution in [1.82, 2.24) is 24.5 Å². The third-order valence-electron chi connectivity index (χ3n) is 9.91. The molecule has 0 bridgehead atoms. The first-order valence-corrected chi connectivity index (χ1v) is 15.5. The van der Waals surface area contributed by atoms with Crippen molar-refractivity contribution >= 4 is 22.6 Å². The average molecular weight is 571 g/mol. The number of benzene rings is 2. The van der Waals surface area contributed by atoms with Crippen LogP contribution in [0.25, 0.3) is 22.0 Å². The topological polar surface area (TPSA) is 86.4 Å². The van der Waals surface area contributed by atoms with E-state index in [4.69, 9.17) is 9.73 Å². The number of aliphatic imine (C=N–C) groups is 1. The number of carbonyl (C=O) groups is 1. The Labute approximate surface area is 247 Å². The van der Waals surface area contributed by atoms with Crippen LogP contribution in [0.3, 0.4) is 0 Å². The lowest BCUT2D eigenvalue weighted by molar-refractivity contribution is -0.131. The van der Waals surface area contributed by atoms with Gasteiger partial charge in [-0.25, -0.2) is 0 Å². The van der Waals surface area contributed by atoms with Crippen molar-refractivity contribution in [2.75, 3.05) is 53.0 Å². The molecule has 7 rings (SSSR count). The minimum Gasteiger partial charge on any atom is -0.383 e. The Hall–Kier alpha value is -3.27. The Bertz CT molecular complexity index is 1470. The molecule has 4 heterocycles. The molecule has 3 aliphatic heterocycles. The molecule has 1 N–H and O–H groups in total. The van der Waals surface area contributed by atoms with Crippen LogP contribution in [-0.2, 0) is 16.6 Å². The van der Waals surface area contributed by atoms with Crippen molar-refractivity contribution in [2.45, 2.75) is 43.9 Å². The van der Waals surface area contributed by atoms with Crippen molar-refractivity contribution in [2.24, 2.45) is 23.9 Å². The number of piperidine rings is 1. The van der Waals surface area contributed by atoms with Crippen LogP contribution in [0, 0.1) is 11.8 Å². The summed E-state index contributed by atoms with van der Waals surface area (Å²) in [4.78, 5) is 24.7. The molecule has 1 amide bonds. The zero-order valence-electron chi connectivity index (χ0n) is 24.8. The summed E-state index contributed by atoms with van der Waals surface area (Å²) in [5.41, 5.74) is 3.93. The Morgan fingerprint density at radius 1 is 1.02 bits per heavy atom. The number of hydrogen-bond acceptors (Lipinski definition) is 7. The minimum absolute atomic E-state index is 0.252. The van der Waals surface area contributed by atoms with Crippen molar-refractivity contribution in [3.8, 4) is 11.1 Å². The van der Waals surface area contributed by atoms with Gasteiger partial charge in [0.15, 0.2) is 6.23 Å². The zero-order chi connectivity index (χ0) is 28.8. The number of aliphatic hydroxyl groups excluding tert-OH is 1. The van der Waals surface area contributed by atoms with Gasteiger partial charge in [-0.3, -0.25) is 14.5 Å². The lowest BCUT2D eigenvalue weighted by Crippen LogP contribution is -2.54. The summed E-state index contributed by atoms with van der Waals surface area (Å²) in [5.74, 6) is 1.79. The van der Waals surface area contributed by atoms with Crippen LogP contribution in [0.1, 0.15) is 37.7 Å². The summed E-state index contributed by atoms with van der Waals surface area (Å²) in [7, 11) is 3.70. The van der Waals surface area contributed by atoms with E-state index in [1.807, 2.05) is 17.9 Å². The molecule has 3 fully saturated rings. The number of aromatic nitrogens is 2. The molecule has 42 heavy (non-hydrogen) atoms. The highest BCUT2D eigenvalue weighted by molar-refractivity contribution is 6.01. The van der Waals surface area contributed by atoms with Crippen LogP contribution in [-0.4, -0.2) is 106 Å². The Balaban J connectivity index is 1.14. The van der Waals surface area contributed by atoms with Gasteiger partial charge in [0.25, 0.3) is 0 Å². The van der Waals surface area contributed by atoms with E-state index < -0.39 is 11.8 Å². The average Bonchev–Trinajstić information content (AvgIpc) is 3.58. The minimum atomic E-state index is -0.669. The second-order valence-corrected chi connectivity index (χ2v) is 12.7. The molecule has 1 spiro atoms. The third kappa shape index (κ3) is 5.12. The first-order valence-electron chi connectivity index (χ1n) is 15.5. The third-order valence-corrected chi connectivity index (χ3v) is 9.91. The highest BCUT2D eigenvalue weighted by Crippen LogP contribution is 2.40. The molecule has 4 aliphatic rings. The lowest BCUT2D eigenvalue weighted by atomic mass is 9.86. The fourth-order valence-electron chi connectivity index (χ4n) is 7.11. The largest absolute Gasteiger partial charge is 0.383 e. The molecular formula is C33H42N6O3. The summed E-state index contributed by atoms with van der Waals surface area (Å²) < 4.78 is 7.19. The van der Waals surface area contributed by atoms with Gasteiger partial charge in [0.2, 0.25) is 5.91 Å². The van der Waals surface area contributed by atoms with E-state index in [9.17, 15) is 9.90 Å². The van der Waals surface area contributed by atoms with Crippen molar-refractivity contribution in [1.29, 1.82) is 0 Å². The number of fused-ring (bicyclic) bond motifs is 1. The first-order chi connectivity index (χ1) is 20.4. The highest BCUT2D eigenvalue weighted by Gasteiger charge is 2.50. The molecule has 2 saturated heterocycles. The van der Waals surface area contributed by atoms with Gasteiger partial charge in [0.1, 0.15) is 11.4 Å². The number of nitrogens with zero attached hydrogens (tertiary/aromatic N) is 6. The number of carbonyl (C=O) groups excluding carboxylic acids is 1. The van der Waals surface area contributed by atoms with E-state index in [0.29, 0.717) is 25.0 Å². The van der Waals surface area contributed by atoms with Gasteiger partial charge < -0.3 is 24.5 Å². The van der Waals surface area contributed by atoms with Crippen LogP contribution in [0.5, 0.6) is 0 Å². The zero-order valence-corrected chi connectivity index (χ0v) is 24.8. The molecule has 1 aliphatic carbocycles. The maximum atomic E-state index is 12.7. The fraction of sp³-hybridized carbons (Fsp3) is 0.545. The van der Waals surface area contributed by atoms with E-state index in [-0.39, 0.29) is 5.92 Å². The van der Waals surface area contributed by atoms with Crippen molar-refractivity contribution < 1.29 is 14.6 Å². The predicted molar refractivity (Wildman–Crippen MR) is 163 cm³/mol. The lowest BCUT2D eigenvalue weighted by Gasteiger charge is -2.41. The molecule has 222 valence electrons. The van der Waals surface area contributed by atoms with Crippen molar-refractivity contribution in [3.05, 3.63) is 54.2 Å². The molecule has 1 saturated carbocycles. The highest BCUT2D eigenvalue weighted by atomic mass is 16.5. The van der Waals surface area contributed by atoms with Crippen LogP contribution in [0.4, 0.5) is 0 Å². The smallest absolute Gasteiger partial charge is 0.225 e. The molecule has 9 nitrogen and oxygen atoms in total. The van der Waals surface area contributed by atoms with E-state index in [2.05, 4.69) is 62.3 Å². The molecule has 9 heteroatoms. The van der Waals surface area contributed by atoms with Crippen LogP contribution < -0.4 is 0 Å². The summed E-state index contributed by atoms with van der Waals surface area (Å²) in [6.45, 7) is 5.73. The molecule has 2 atom stereocenters. The van der Waals surface area contributed by atoms with Gasteiger partial charge in [-0.1, -0.05) is 30.3 Å². The summed E-state index contributed by atoms with van der Waals surface area (Å²) in [6.07, 6.45) is 5.92. The second kappa shape index (κ2) is 11.1. The molecule has 1 unspecified atom stereocenters. The monoisotopic (exact) mass is 570 g/mol. The molecule has 2 aromatic carbocycles. The normalized spacial score (nSPS) is 24.2. The molecule has 0 radical (unpaired) electrons. The predicted octanol–water partition coefficient (Wildman–Crippen LogP) is 3.36. The number of rotatable bonds is 8. The number of amidine groups is 1. The number of ether oxygens (including phenoxy) is 1. The first kappa shape index (κ1) is 27.6. The summed E-state index contributed by atoms with van der Waals surface area (Å²) in [6, 6.07) is 15.0. The number of aryl methyl sites for hydroxylation is 1. The second-order valence-electron chi connectivity index (χ2n) is 12.7. The van der Waals surface area contributed by atoms with E-state index in [1.54, 1.807) is 7.11 Å². The van der Waals surface area contributed by atoms with Crippen LogP contribution in [0.15, 0.2) is 53.7 Å². The maximum Gasteiger partial charge on any atom is 0.225 e. The fourth-order valence-corrected chi connectivity index (χ4v) is 7.11. The van der Waals surface area contributed by atoms with Gasteiger partial charge in [0.05, 0.1) is 18.3 Å². The summed E-state index contributed by atoms with van der Waals surface area (Å²) >= 11 is 0. The van der Waals surface area contributed by atoms with Crippen molar-refractivity contribution in [3.63, 3.8) is 0 Å². The van der Waals surface area contributed by atoms with E-state index in [0.717, 1.165) is 98.3 Å². The van der Waals surface area contributed by atoms with E-state index >= 15 is 0 Å². The Morgan fingerprint density at radius 3 is 2.50 bits per heavy atom. The van der Waals surface area contributed by atoms with Gasteiger partial charge in [0, 0.05) is 70.3 Å². The van der Waals surface area contributed by atoms with Gasteiger partial charge in [-0.2, -0.15) is 5.10 Å². The number of hydrogen-bond donors (Lipinski definition) is 1. The maximum absolute atomic E-state index is 12.7. The molecule has 3 aromatic rings.